The molecular formula is C46H53ClN6O11S2. The maximum Gasteiger partial charge on any atom is 0.408 e. The number of hydrogen-bond acceptors (Lipinski definition) is 15. The van der Waals surface area contributed by atoms with E-state index in [0.29, 0.717) is 29.2 Å². The monoisotopic (exact) mass is 964 g/mol. The molecule has 4 heterocycles. The predicted molar refractivity (Wildman–Crippen MR) is 254 cm³/mol. The van der Waals surface area contributed by atoms with E-state index in [1.165, 1.54) is 22.7 Å². The van der Waals surface area contributed by atoms with Gasteiger partial charge in [-0.05, 0) is 73.2 Å². The number of esters is 2. The summed E-state index contributed by atoms with van der Waals surface area (Å²) in [7, 11) is 0. The summed E-state index contributed by atoms with van der Waals surface area (Å²) in [6, 6.07) is 23.5. The van der Waals surface area contributed by atoms with E-state index < -0.39 is 42.2 Å². The molecule has 0 saturated heterocycles. The Balaban J connectivity index is 0.000000289. The normalized spacial score (nSPS) is 11.2. The summed E-state index contributed by atoms with van der Waals surface area (Å²) in [5.41, 5.74) is 10.7. The van der Waals surface area contributed by atoms with Crippen molar-refractivity contribution < 1.29 is 52.8 Å². The third kappa shape index (κ3) is 17.4. The molecule has 66 heavy (non-hydrogen) atoms. The summed E-state index contributed by atoms with van der Waals surface area (Å²) >= 11 is 2.59. The Morgan fingerprint density at radius 1 is 0.652 bits per heavy atom. The lowest BCUT2D eigenvalue weighted by molar-refractivity contribution is -0.146. The maximum atomic E-state index is 12.6. The van der Waals surface area contributed by atoms with Gasteiger partial charge in [-0.2, -0.15) is 0 Å². The van der Waals surface area contributed by atoms with Crippen molar-refractivity contribution in [2.75, 3.05) is 26.3 Å². The van der Waals surface area contributed by atoms with E-state index in [9.17, 15) is 28.8 Å². The number of ether oxygens (including phenoxy) is 4. The molecule has 6 rings (SSSR count). The van der Waals surface area contributed by atoms with Gasteiger partial charge < -0.3 is 45.7 Å². The standard InChI is InChI=1S/C23H25N3O5S.C14H20N2O4.C9H7NO2S.ClH/c1-3-11-30-22(28)18(26-23(29)31-14-16-7-5-4-6-8-16)13-25-21(27)19-12-17-20(32-19)15(2)9-10-24-17;1-2-8-19-13(17)12(9-15)16-14(18)20-10-11-6-4-3-5-7-11;1-5-2-3-10-6-4-7(9(11)12)13-8(5)6;/h4-10,12,18H,3,11,13-14H2,1-2H3,(H,25,27)(H,26,29);3-7,12H,2,8-10,15H2,1H3,(H,16,18);2-4H,1H3,(H,11,12);1H/t18-;12-;;/m11../s1. The number of amides is 3. The summed E-state index contributed by atoms with van der Waals surface area (Å²) in [5, 5.41) is 16.3. The highest BCUT2D eigenvalue weighted by molar-refractivity contribution is 7.21. The molecule has 4 aromatic heterocycles. The van der Waals surface area contributed by atoms with Crippen molar-refractivity contribution in [1.82, 2.24) is 25.9 Å². The van der Waals surface area contributed by atoms with Crippen molar-refractivity contribution in [2.45, 2.75) is 65.8 Å². The Hall–Kier alpha value is -6.67. The second-order valence-electron chi connectivity index (χ2n) is 14.0. The number of nitrogens with zero attached hydrogens (tertiary/aromatic N) is 2. The number of carboxylic acids is 1. The average Bonchev–Trinajstić information content (AvgIpc) is 3.98. The third-order valence-electron chi connectivity index (χ3n) is 8.83. The topological polar surface area (TPSA) is 247 Å². The zero-order valence-corrected chi connectivity index (χ0v) is 39.2. The molecule has 0 saturated carbocycles. The van der Waals surface area contributed by atoms with Crippen molar-refractivity contribution in [3.05, 3.63) is 129 Å². The number of halogens is 1. The number of hydrogen-bond donors (Lipinski definition) is 5. The van der Waals surface area contributed by atoms with Gasteiger partial charge in [-0.1, -0.05) is 74.5 Å². The number of carbonyl (C=O) groups is 6. The molecule has 6 N–H and O–H groups in total. The van der Waals surface area contributed by atoms with Crippen LogP contribution in [0.5, 0.6) is 0 Å². The number of aromatic carboxylic acids is 1. The van der Waals surface area contributed by atoms with Crippen LogP contribution in [0.25, 0.3) is 20.4 Å². The number of carboxylic acid groups (broad SMARTS) is 1. The van der Waals surface area contributed by atoms with Gasteiger partial charge in [-0.15, -0.1) is 35.1 Å². The van der Waals surface area contributed by atoms with Gasteiger partial charge in [-0.3, -0.25) is 14.8 Å². The number of carbonyl (C=O) groups excluding carboxylic acids is 5. The van der Waals surface area contributed by atoms with Crippen LogP contribution in [0.4, 0.5) is 9.59 Å². The number of nitrogens with one attached hydrogen (secondary N) is 3. The van der Waals surface area contributed by atoms with Crippen LogP contribution in [0.15, 0.2) is 97.3 Å². The van der Waals surface area contributed by atoms with E-state index in [0.717, 1.165) is 42.7 Å². The molecule has 0 bridgehead atoms. The van der Waals surface area contributed by atoms with Crippen LogP contribution in [0.2, 0.25) is 0 Å². The smallest absolute Gasteiger partial charge is 0.408 e. The van der Waals surface area contributed by atoms with E-state index in [1.54, 1.807) is 24.5 Å². The van der Waals surface area contributed by atoms with E-state index in [4.69, 9.17) is 29.8 Å². The molecule has 3 amide bonds. The van der Waals surface area contributed by atoms with E-state index in [2.05, 4.69) is 25.9 Å². The molecule has 0 radical (unpaired) electrons. The number of benzene rings is 2. The number of nitrogens with two attached hydrogens (primary N) is 1. The van der Waals surface area contributed by atoms with E-state index in [-0.39, 0.29) is 51.2 Å². The number of alkyl carbamates (subject to hydrolysis) is 2. The summed E-state index contributed by atoms with van der Waals surface area (Å²) < 4.78 is 22.1. The molecule has 2 aromatic carbocycles. The molecule has 0 unspecified atom stereocenters. The molecule has 352 valence electrons. The second-order valence-corrected chi connectivity index (χ2v) is 16.1. The van der Waals surface area contributed by atoms with Gasteiger partial charge in [0.1, 0.15) is 30.2 Å². The lowest BCUT2D eigenvalue weighted by Crippen LogP contribution is -2.49. The minimum absolute atomic E-state index is 0. The van der Waals surface area contributed by atoms with Gasteiger partial charge in [0.2, 0.25) is 0 Å². The molecule has 6 aromatic rings. The summed E-state index contributed by atoms with van der Waals surface area (Å²) in [6.07, 6.45) is 3.26. The molecule has 0 aliphatic rings. The quantitative estimate of drug-likeness (QED) is 0.0439. The Bertz CT molecular complexity index is 2510. The SMILES string of the molecule is CCCOC(=O)[C@@H](CN)NC(=O)OCc1ccccc1.CCCOC(=O)[C@@H](CNC(=O)c1cc2nccc(C)c2s1)NC(=O)OCc1ccccc1.Cc1ccnc2cc(C(=O)O)sc12.Cl. The van der Waals surface area contributed by atoms with Crippen LogP contribution in [-0.2, 0) is 41.8 Å². The van der Waals surface area contributed by atoms with Crippen LogP contribution < -0.4 is 21.7 Å². The molecule has 0 aliphatic heterocycles. The maximum absolute atomic E-state index is 12.6. The first-order valence-corrected chi connectivity index (χ1v) is 22.2. The van der Waals surface area contributed by atoms with Crippen molar-refractivity contribution >= 4 is 91.5 Å². The highest BCUT2D eigenvalue weighted by atomic mass is 35.5. The molecule has 17 nitrogen and oxygen atoms in total. The fourth-order valence-corrected chi connectivity index (χ4v) is 7.38. The van der Waals surface area contributed by atoms with Crippen molar-refractivity contribution in [3.63, 3.8) is 0 Å². The fraction of sp³-hybridized carbons (Fsp3) is 0.304. The lowest BCUT2D eigenvalue weighted by Gasteiger charge is -2.18. The predicted octanol–water partition coefficient (Wildman–Crippen LogP) is 7.50. The number of aryl methyl sites for hydroxylation is 2. The van der Waals surface area contributed by atoms with Gasteiger partial charge in [0.25, 0.3) is 5.91 Å². The Labute approximate surface area is 395 Å². The Morgan fingerprint density at radius 2 is 1.09 bits per heavy atom. The molecule has 2 atom stereocenters. The molecule has 20 heteroatoms. The molecule has 0 fully saturated rings. The molecule has 0 spiro atoms. The number of rotatable bonds is 17. The third-order valence-corrected chi connectivity index (χ3v) is 11.3. The van der Waals surface area contributed by atoms with Gasteiger partial charge >= 0.3 is 30.1 Å². The average molecular weight is 966 g/mol. The lowest BCUT2D eigenvalue weighted by atomic mass is 10.2. The fourth-order valence-electron chi connectivity index (χ4n) is 5.46. The van der Waals surface area contributed by atoms with Crippen LogP contribution in [0.3, 0.4) is 0 Å². The minimum Gasteiger partial charge on any atom is -0.477 e. The van der Waals surface area contributed by atoms with Gasteiger partial charge in [0.05, 0.1) is 38.5 Å². The number of fused-ring (bicyclic) bond motifs is 2. The minimum atomic E-state index is -1.08. The van der Waals surface area contributed by atoms with E-state index in [1.807, 2.05) is 100 Å². The van der Waals surface area contributed by atoms with Crippen molar-refractivity contribution in [1.29, 1.82) is 0 Å². The van der Waals surface area contributed by atoms with Gasteiger partial charge in [-0.25, -0.2) is 24.0 Å². The first-order valence-electron chi connectivity index (χ1n) is 20.5. The molecule has 0 aliphatic carbocycles. The van der Waals surface area contributed by atoms with Gasteiger partial charge in [0.15, 0.2) is 0 Å². The van der Waals surface area contributed by atoms with Crippen LogP contribution in [-0.4, -0.2) is 89.5 Å². The number of thiophene rings is 2. The van der Waals surface area contributed by atoms with Crippen molar-refractivity contribution in [2.24, 2.45) is 5.73 Å². The highest BCUT2D eigenvalue weighted by Gasteiger charge is 2.25. The van der Waals surface area contributed by atoms with Crippen LogP contribution in [0, 0.1) is 13.8 Å². The number of pyridine rings is 2. The summed E-state index contributed by atoms with van der Waals surface area (Å²) in [6.45, 7) is 8.18. The summed E-state index contributed by atoms with van der Waals surface area (Å²) in [5.74, 6) is -2.44. The Morgan fingerprint density at radius 3 is 1.53 bits per heavy atom. The van der Waals surface area contributed by atoms with E-state index >= 15 is 0 Å². The van der Waals surface area contributed by atoms with Crippen LogP contribution >= 0.6 is 35.1 Å². The first-order chi connectivity index (χ1) is 31.3. The number of aromatic nitrogens is 2. The second kappa shape index (κ2) is 28.3. The highest BCUT2D eigenvalue weighted by Crippen LogP contribution is 2.27. The molecular weight excluding hydrogens is 912 g/mol. The Kier molecular flexibility index (Phi) is 23.0. The summed E-state index contributed by atoms with van der Waals surface area (Å²) in [4.78, 5) is 80.2. The van der Waals surface area contributed by atoms with Gasteiger partial charge in [0, 0.05) is 25.5 Å². The zero-order chi connectivity index (χ0) is 47.1. The van der Waals surface area contributed by atoms with Crippen molar-refractivity contribution in [3.8, 4) is 0 Å². The first kappa shape index (κ1) is 53.7. The van der Waals surface area contributed by atoms with Crippen LogP contribution in [0.1, 0.15) is 68.3 Å². The zero-order valence-electron chi connectivity index (χ0n) is 36.8. The largest absolute Gasteiger partial charge is 0.477 e.